The summed E-state index contributed by atoms with van der Waals surface area (Å²) in [5, 5.41) is -0.660. The number of methoxy groups -OCH3 is 1. The van der Waals surface area contributed by atoms with Crippen molar-refractivity contribution in [2.24, 2.45) is 5.92 Å². The molecule has 174 valence electrons. The number of hydrogen-bond donors (Lipinski definition) is 0. The van der Waals surface area contributed by atoms with E-state index in [4.69, 9.17) is 14.2 Å². The van der Waals surface area contributed by atoms with Crippen LogP contribution in [0.25, 0.3) is 0 Å². The van der Waals surface area contributed by atoms with Crippen molar-refractivity contribution in [3.05, 3.63) is 42.2 Å². The van der Waals surface area contributed by atoms with Gasteiger partial charge in [0.1, 0.15) is 34.7 Å². The van der Waals surface area contributed by atoms with Crippen LogP contribution in [0.3, 0.4) is 0 Å². The maximum atomic E-state index is 13.2. The SMILES string of the molecule is COc1cccc2c1S(=O)(=O)[C@@H](C)[C@H](C1C=CC(OC3CCN(C4CCC4)CC3)=CC1)O2. The van der Waals surface area contributed by atoms with Crippen molar-refractivity contribution in [1.82, 2.24) is 4.90 Å². The van der Waals surface area contributed by atoms with Gasteiger partial charge in [-0.1, -0.05) is 18.6 Å². The van der Waals surface area contributed by atoms with Crippen LogP contribution in [0.2, 0.25) is 0 Å². The van der Waals surface area contributed by atoms with Crippen LogP contribution in [0, 0.1) is 5.92 Å². The van der Waals surface area contributed by atoms with Gasteiger partial charge >= 0.3 is 0 Å². The third kappa shape index (κ3) is 3.94. The number of fused-ring (bicyclic) bond motifs is 1. The molecule has 32 heavy (non-hydrogen) atoms. The Morgan fingerprint density at radius 2 is 1.91 bits per heavy atom. The second kappa shape index (κ2) is 8.75. The highest BCUT2D eigenvalue weighted by molar-refractivity contribution is 7.92. The van der Waals surface area contributed by atoms with E-state index in [1.165, 1.54) is 26.4 Å². The molecule has 2 heterocycles. The van der Waals surface area contributed by atoms with Crippen LogP contribution in [0.15, 0.2) is 47.1 Å². The quantitative estimate of drug-likeness (QED) is 0.660. The van der Waals surface area contributed by atoms with Crippen molar-refractivity contribution in [2.75, 3.05) is 20.2 Å². The number of benzene rings is 1. The van der Waals surface area contributed by atoms with Crippen LogP contribution < -0.4 is 9.47 Å². The van der Waals surface area contributed by atoms with E-state index < -0.39 is 21.2 Å². The van der Waals surface area contributed by atoms with Crippen LogP contribution in [0.5, 0.6) is 11.5 Å². The Hall–Kier alpha value is -1.99. The Morgan fingerprint density at radius 3 is 2.53 bits per heavy atom. The third-order valence-electron chi connectivity index (χ3n) is 7.55. The molecule has 0 N–H and O–H groups in total. The molecule has 2 aliphatic heterocycles. The molecule has 5 rings (SSSR count). The molecule has 6 nitrogen and oxygen atoms in total. The molecule has 0 amide bonds. The van der Waals surface area contributed by atoms with Gasteiger partial charge in [0.2, 0.25) is 0 Å². The first-order chi connectivity index (χ1) is 15.5. The molecule has 2 fully saturated rings. The molecular formula is C25H33NO5S. The lowest BCUT2D eigenvalue weighted by molar-refractivity contribution is 0.0219. The molecule has 4 aliphatic rings. The van der Waals surface area contributed by atoms with Crippen LogP contribution in [-0.4, -0.2) is 57.0 Å². The van der Waals surface area contributed by atoms with Gasteiger partial charge in [-0.15, -0.1) is 0 Å². The average Bonchev–Trinajstić information content (AvgIpc) is 2.76. The van der Waals surface area contributed by atoms with Gasteiger partial charge < -0.3 is 19.1 Å². The number of nitrogens with zero attached hydrogens (tertiary/aromatic N) is 1. The maximum Gasteiger partial charge on any atom is 0.191 e. The molecule has 2 aliphatic carbocycles. The zero-order valence-corrected chi connectivity index (χ0v) is 19.7. The minimum Gasteiger partial charge on any atom is -0.495 e. The Kier molecular flexibility index (Phi) is 5.97. The molecular weight excluding hydrogens is 426 g/mol. The average molecular weight is 460 g/mol. The number of allylic oxidation sites excluding steroid dienone is 2. The molecule has 0 aromatic heterocycles. The van der Waals surface area contributed by atoms with Gasteiger partial charge in [-0.2, -0.15) is 0 Å². The zero-order valence-electron chi connectivity index (χ0n) is 18.9. The predicted octanol–water partition coefficient (Wildman–Crippen LogP) is 4.11. The van der Waals surface area contributed by atoms with Crippen LogP contribution in [-0.2, 0) is 14.6 Å². The number of ether oxygens (including phenoxy) is 3. The number of sulfone groups is 1. The Labute approximate surface area is 191 Å². The fourth-order valence-corrected chi connectivity index (χ4v) is 7.13. The molecule has 3 atom stereocenters. The summed E-state index contributed by atoms with van der Waals surface area (Å²) in [7, 11) is -2.07. The van der Waals surface area contributed by atoms with Crippen molar-refractivity contribution in [3.63, 3.8) is 0 Å². The molecule has 1 saturated heterocycles. The van der Waals surface area contributed by atoms with Crippen molar-refractivity contribution in [2.45, 2.75) is 73.8 Å². The lowest BCUT2D eigenvalue weighted by atomic mass is 9.89. The highest BCUT2D eigenvalue weighted by atomic mass is 32.2. The largest absolute Gasteiger partial charge is 0.495 e. The van der Waals surface area contributed by atoms with Gasteiger partial charge in [-0.3, -0.25) is 0 Å². The van der Waals surface area contributed by atoms with E-state index in [1.807, 2.05) is 6.08 Å². The Morgan fingerprint density at radius 1 is 1.12 bits per heavy atom. The lowest BCUT2D eigenvalue weighted by Crippen LogP contribution is -2.46. The minimum absolute atomic E-state index is 0.0214. The number of likely N-dealkylation sites (tertiary alicyclic amines) is 1. The summed E-state index contributed by atoms with van der Waals surface area (Å²) < 4.78 is 44.2. The Balaban J connectivity index is 1.22. The smallest absolute Gasteiger partial charge is 0.191 e. The van der Waals surface area contributed by atoms with Crippen LogP contribution >= 0.6 is 0 Å². The first-order valence-corrected chi connectivity index (χ1v) is 13.4. The number of piperidine rings is 1. The van der Waals surface area contributed by atoms with E-state index in [9.17, 15) is 8.42 Å². The molecule has 0 radical (unpaired) electrons. The van der Waals surface area contributed by atoms with E-state index >= 15 is 0 Å². The summed E-state index contributed by atoms with van der Waals surface area (Å²) in [6.07, 6.45) is 12.9. The summed E-state index contributed by atoms with van der Waals surface area (Å²) in [5.74, 6) is 1.60. The molecule has 1 saturated carbocycles. The third-order valence-corrected chi connectivity index (χ3v) is 9.77. The second-order valence-corrected chi connectivity index (χ2v) is 11.7. The van der Waals surface area contributed by atoms with Crippen molar-refractivity contribution < 1.29 is 22.6 Å². The molecule has 1 aromatic carbocycles. The molecule has 7 heteroatoms. The van der Waals surface area contributed by atoms with Crippen molar-refractivity contribution in [1.29, 1.82) is 0 Å². The van der Waals surface area contributed by atoms with Crippen LogP contribution in [0.1, 0.15) is 45.4 Å². The summed E-state index contributed by atoms with van der Waals surface area (Å²) in [4.78, 5) is 2.79. The van der Waals surface area contributed by atoms with Gasteiger partial charge in [-0.25, -0.2) is 8.42 Å². The van der Waals surface area contributed by atoms with Gasteiger partial charge in [0.15, 0.2) is 14.7 Å². The van der Waals surface area contributed by atoms with Gasteiger partial charge in [0.25, 0.3) is 0 Å². The standard InChI is InChI=1S/C25H33NO5S/c1-17-24(31-23-8-4-7-22(29-2)25(23)32(17,27)28)18-9-11-20(12-10-18)30-21-13-15-26(16-14-21)19-5-3-6-19/h4,7-9,11-12,17-19,21,24H,3,5-6,10,13-16H2,1-2H3/t17-,18?,24+/m0/s1. The van der Waals surface area contributed by atoms with E-state index in [1.54, 1.807) is 25.1 Å². The molecule has 0 bridgehead atoms. The van der Waals surface area contributed by atoms with Crippen LogP contribution in [0.4, 0.5) is 0 Å². The number of hydrogen-bond acceptors (Lipinski definition) is 6. The highest BCUT2D eigenvalue weighted by Crippen LogP contribution is 2.43. The summed E-state index contributed by atoms with van der Waals surface area (Å²) >= 11 is 0. The monoisotopic (exact) mass is 459 g/mol. The molecule has 0 spiro atoms. The summed E-state index contributed by atoms with van der Waals surface area (Å²) in [5.41, 5.74) is 0. The van der Waals surface area contributed by atoms with Gasteiger partial charge in [0, 0.05) is 25.0 Å². The normalized spacial score (nSPS) is 30.6. The fourth-order valence-electron chi connectivity index (χ4n) is 5.32. The van der Waals surface area contributed by atoms with E-state index in [2.05, 4.69) is 17.1 Å². The molecule has 1 unspecified atom stereocenters. The number of rotatable bonds is 5. The lowest BCUT2D eigenvalue weighted by Gasteiger charge is -2.41. The van der Waals surface area contributed by atoms with E-state index in [-0.39, 0.29) is 16.9 Å². The fraction of sp³-hybridized carbons (Fsp3) is 0.600. The van der Waals surface area contributed by atoms with Gasteiger partial charge in [0.05, 0.1) is 7.11 Å². The van der Waals surface area contributed by atoms with E-state index in [0.717, 1.165) is 37.7 Å². The van der Waals surface area contributed by atoms with Crippen molar-refractivity contribution in [3.8, 4) is 11.5 Å². The first kappa shape index (κ1) is 21.8. The highest BCUT2D eigenvalue weighted by Gasteiger charge is 2.44. The van der Waals surface area contributed by atoms with E-state index in [0.29, 0.717) is 17.9 Å². The second-order valence-electron chi connectivity index (χ2n) is 9.42. The predicted molar refractivity (Wildman–Crippen MR) is 123 cm³/mol. The Bertz CT molecular complexity index is 1010. The minimum atomic E-state index is -3.55. The van der Waals surface area contributed by atoms with Gasteiger partial charge in [-0.05, 0) is 63.3 Å². The zero-order chi connectivity index (χ0) is 22.3. The molecule has 1 aromatic rings. The summed E-state index contributed by atoms with van der Waals surface area (Å²) in [6.45, 7) is 3.99. The maximum absolute atomic E-state index is 13.2. The topological polar surface area (TPSA) is 65.1 Å². The summed E-state index contributed by atoms with van der Waals surface area (Å²) in [6, 6.07) is 5.95. The van der Waals surface area contributed by atoms with Crippen molar-refractivity contribution >= 4 is 9.84 Å². The first-order valence-electron chi connectivity index (χ1n) is 11.8.